The second-order valence-corrected chi connectivity index (χ2v) is 8.94. The molecule has 0 aromatic rings. The van der Waals surface area contributed by atoms with E-state index in [-0.39, 0.29) is 22.7 Å². The average molecular weight is 277 g/mol. The Labute approximate surface area is 106 Å². The Morgan fingerprint density at radius 2 is 2.06 bits per heavy atom. The van der Waals surface area contributed by atoms with Gasteiger partial charge in [0.05, 0.1) is 23.0 Å². The quantitative estimate of drug-likeness (QED) is 0.771. The lowest BCUT2D eigenvalue weighted by molar-refractivity contribution is 0.341. The SMILES string of the molecule is CC1CCC(C#N)C(S(=O)CCS(C)(=O)=O)C1. The van der Waals surface area contributed by atoms with Crippen molar-refractivity contribution in [3.8, 4) is 6.07 Å². The van der Waals surface area contributed by atoms with Crippen molar-refractivity contribution in [1.82, 2.24) is 0 Å². The molecule has 1 rings (SSSR count). The maximum Gasteiger partial charge on any atom is 0.148 e. The minimum Gasteiger partial charge on any atom is -0.259 e. The minimum absolute atomic E-state index is 0.0529. The van der Waals surface area contributed by atoms with Gasteiger partial charge in [-0.3, -0.25) is 4.21 Å². The highest BCUT2D eigenvalue weighted by Gasteiger charge is 2.32. The van der Waals surface area contributed by atoms with Gasteiger partial charge in [0.15, 0.2) is 0 Å². The van der Waals surface area contributed by atoms with Crippen molar-refractivity contribution in [1.29, 1.82) is 5.26 Å². The molecule has 0 radical (unpaired) electrons. The fourth-order valence-corrected chi connectivity index (χ4v) is 5.43. The van der Waals surface area contributed by atoms with Crippen LogP contribution in [-0.2, 0) is 20.6 Å². The summed E-state index contributed by atoms with van der Waals surface area (Å²) in [5, 5.41) is 8.87. The Bertz CT molecular complexity index is 424. The van der Waals surface area contributed by atoms with Crippen molar-refractivity contribution in [2.24, 2.45) is 11.8 Å². The lowest BCUT2D eigenvalue weighted by Crippen LogP contribution is -2.33. The van der Waals surface area contributed by atoms with Gasteiger partial charge in [-0.05, 0) is 25.2 Å². The molecule has 98 valence electrons. The summed E-state index contributed by atoms with van der Waals surface area (Å²) < 4.78 is 34.1. The predicted octanol–water partition coefficient (Wildman–Crippen LogP) is 1.11. The molecule has 1 aliphatic carbocycles. The van der Waals surface area contributed by atoms with Gasteiger partial charge in [0.1, 0.15) is 9.84 Å². The fraction of sp³-hybridized carbons (Fsp3) is 0.909. The molecule has 0 aliphatic heterocycles. The first-order valence-electron chi connectivity index (χ1n) is 5.78. The molecule has 0 N–H and O–H groups in total. The maximum atomic E-state index is 12.1. The molecule has 4 unspecified atom stereocenters. The standard InChI is InChI=1S/C11H19NO3S2/c1-9-3-4-10(8-12)11(7-9)16(13)5-6-17(2,14)15/h9-11H,3-7H2,1-2H3. The molecule has 4 atom stereocenters. The highest BCUT2D eigenvalue weighted by atomic mass is 32.2. The lowest BCUT2D eigenvalue weighted by atomic mass is 9.83. The Balaban J connectivity index is 2.62. The van der Waals surface area contributed by atoms with E-state index in [1.807, 2.05) is 0 Å². The summed E-state index contributed by atoms with van der Waals surface area (Å²) in [4.78, 5) is 0. The van der Waals surface area contributed by atoms with E-state index in [4.69, 9.17) is 5.26 Å². The topological polar surface area (TPSA) is 75.0 Å². The van der Waals surface area contributed by atoms with Gasteiger partial charge in [-0.2, -0.15) is 5.26 Å². The van der Waals surface area contributed by atoms with E-state index >= 15 is 0 Å². The van der Waals surface area contributed by atoms with Crippen LogP contribution in [0.4, 0.5) is 0 Å². The van der Waals surface area contributed by atoms with Gasteiger partial charge in [-0.15, -0.1) is 0 Å². The smallest absolute Gasteiger partial charge is 0.148 e. The molecule has 0 aromatic heterocycles. The molecule has 17 heavy (non-hydrogen) atoms. The fourth-order valence-electron chi connectivity index (χ4n) is 2.15. The molecule has 0 amide bonds. The number of nitriles is 1. The molecule has 0 saturated heterocycles. The van der Waals surface area contributed by atoms with Gasteiger partial charge < -0.3 is 0 Å². The van der Waals surface area contributed by atoms with Gasteiger partial charge in [-0.25, -0.2) is 8.42 Å². The predicted molar refractivity (Wildman–Crippen MR) is 68.6 cm³/mol. The van der Waals surface area contributed by atoms with Gasteiger partial charge in [0.25, 0.3) is 0 Å². The zero-order valence-corrected chi connectivity index (χ0v) is 11.9. The summed E-state index contributed by atoms with van der Waals surface area (Å²) >= 11 is 0. The first kappa shape index (κ1) is 14.7. The number of rotatable bonds is 4. The van der Waals surface area contributed by atoms with Crippen molar-refractivity contribution < 1.29 is 12.6 Å². The van der Waals surface area contributed by atoms with Gasteiger partial charge in [0, 0.05) is 22.8 Å². The summed E-state index contributed by atoms with van der Waals surface area (Å²) in [7, 11) is -4.28. The maximum absolute atomic E-state index is 12.1. The van der Waals surface area contributed by atoms with Crippen LogP contribution in [0.2, 0.25) is 0 Å². The van der Waals surface area contributed by atoms with E-state index in [0.717, 1.165) is 25.5 Å². The van der Waals surface area contributed by atoms with Crippen molar-refractivity contribution in [2.45, 2.75) is 31.4 Å². The first-order valence-corrected chi connectivity index (χ1v) is 9.22. The molecule has 6 heteroatoms. The van der Waals surface area contributed by atoms with E-state index in [1.165, 1.54) is 0 Å². The summed E-state index contributed by atoms with van der Waals surface area (Å²) in [5.41, 5.74) is 0. The number of nitrogens with zero attached hydrogens (tertiary/aromatic N) is 1. The van der Waals surface area contributed by atoms with E-state index in [0.29, 0.717) is 5.92 Å². The van der Waals surface area contributed by atoms with Gasteiger partial charge in [-0.1, -0.05) is 6.92 Å². The molecule has 1 aliphatic rings. The van der Waals surface area contributed by atoms with Crippen LogP contribution in [0, 0.1) is 23.2 Å². The molecule has 0 aromatic carbocycles. The molecule has 1 fully saturated rings. The summed E-state index contributed by atoms with van der Waals surface area (Å²) in [6.45, 7) is 2.09. The minimum atomic E-state index is -3.07. The highest BCUT2D eigenvalue weighted by Crippen LogP contribution is 2.31. The van der Waals surface area contributed by atoms with Crippen LogP contribution in [-0.4, -0.2) is 35.6 Å². The molecular formula is C11H19NO3S2. The number of hydrogen-bond acceptors (Lipinski definition) is 4. The van der Waals surface area contributed by atoms with E-state index in [9.17, 15) is 12.6 Å². The van der Waals surface area contributed by atoms with Gasteiger partial charge in [0.2, 0.25) is 0 Å². The van der Waals surface area contributed by atoms with Crippen LogP contribution in [0.5, 0.6) is 0 Å². The Kier molecular flexibility index (Phi) is 5.14. The lowest BCUT2D eigenvalue weighted by Gasteiger charge is -2.30. The Hall–Kier alpha value is -0.410. The molecule has 1 saturated carbocycles. The second kappa shape index (κ2) is 5.96. The van der Waals surface area contributed by atoms with Crippen LogP contribution in [0.1, 0.15) is 26.2 Å². The van der Waals surface area contributed by atoms with Crippen molar-refractivity contribution >= 4 is 20.6 Å². The summed E-state index contributed by atoms with van der Waals surface area (Å²) in [6.07, 6.45) is 3.70. The van der Waals surface area contributed by atoms with Crippen molar-refractivity contribution in [2.75, 3.05) is 17.8 Å². The van der Waals surface area contributed by atoms with Crippen LogP contribution < -0.4 is 0 Å². The van der Waals surface area contributed by atoms with Crippen LogP contribution in [0.25, 0.3) is 0 Å². The van der Waals surface area contributed by atoms with Crippen LogP contribution >= 0.6 is 0 Å². The molecule has 0 bridgehead atoms. The van der Waals surface area contributed by atoms with E-state index < -0.39 is 20.6 Å². The summed E-state index contributed by atoms with van der Waals surface area (Å²) in [5.74, 6) is 0.412. The molecular weight excluding hydrogens is 258 g/mol. The van der Waals surface area contributed by atoms with Crippen LogP contribution in [0.3, 0.4) is 0 Å². The Morgan fingerprint density at radius 3 is 2.59 bits per heavy atom. The monoisotopic (exact) mass is 277 g/mol. The Morgan fingerprint density at radius 1 is 1.41 bits per heavy atom. The highest BCUT2D eigenvalue weighted by molar-refractivity contribution is 7.92. The molecule has 0 heterocycles. The third kappa shape index (κ3) is 4.76. The van der Waals surface area contributed by atoms with E-state index in [2.05, 4.69) is 13.0 Å². The van der Waals surface area contributed by atoms with Crippen molar-refractivity contribution in [3.63, 3.8) is 0 Å². The molecule has 4 nitrogen and oxygen atoms in total. The number of sulfone groups is 1. The average Bonchev–Trinajstić information content (AvgIpc) is 2.25. The largest absolute Gasteiger partial charge is 0.259 e. The zero-order valence-electron chi connectivity index (χ0n) is 10.3. The molecule has 0 spiro atoms. The third-order valence-electron chi connectivity index (χ3n) is 3.21. The zero-order chi connectivity index (χ0) is 13.1. The third-order valence-corrected chi connectivity index (χ3v) is 6.22. The summed E-state index contributed by atoms with van der Waals surface area (Å²) in [6, 6.07) is 2.21. The number of hydrogen-bond donors (Lipinski definition) is 0. The second-order valence-electron chi connectivity index (χ2n) is 4.91. The van der Waals surface area contributed by atoms with Gasteiger partial charge >= 0.3 is 0 Å². The normalized spacial score (nSPS) is 31.7. The van der Waals surface area contributed by atoms with Crippen molar-refractivity contribution in [3.05, 3.63) is 0 Å². The first-order chi connectivity index (χ1) is 7.83. The van der Waals surface area contributed by atoms with E-state index in [1.54, 1.807) is 0 Å². The van der Waals surface area contributed by atoms with Crippen LogP contribution in [0.15, 0.2) is 0 Å².